The second kappa shape index (κ2) is 4.95. The first-order valence-electron chi connectivity index (χ1n) is 7.25. The minimum atomic E-state index is 0.108. The normalized spacial score (nSPS) is 18.0. The summed E-state index contributed by atoms with van der Waals surface area (Å²) in [6, 6.07) is 19.0. The number of nitrogens with zero attached hydrogens (tertiary/aromatic N) is 1. The molecule has 0 saturated heterocycles. The first-order valence-corrected chi connectivity index (χ1v) is 7.25. The smallest absolute Gasteiger partial charge is 0.0702 e. The summed E-state index contributed by atoms with van der Waals surface area (Å²) in [7, 11) is 0. The molecule has 1 aliphatic rings. The van der Waals surface area contributed by atoms with Gasteiger partial charge in [-0.3, -0.25) is 16.3 Å². The van der Waals surface area contributed by atoms with Gasteiger partial charge >= 0.3 is 0 Å². The van der Waals surface area contributed by atoms with Gasteiger partial charge in [0.25, 0.3) is 0 Å². The highest BCUT2D eigenvalue weighted by molar-refractivity contribution is 5.78. The van der Waals surface area contributed by atoms with Crippen LogP contribution in [0.3, 0.4) is 0 Å². The van der Waals surface area contributed by atoms with Crippen molar-refractivity contribution in [2.24, 2.45) is 5.84 Å². The van der Waals surface area contributed by atoms with Crippen LogP contribution in [0.25, 0.3) is 10.9 Å². The zero-order chi connectivity index (χ0) is 14.2. The number of fused-ring (bicyclic) bond motifs is 2. The Morgan fingerprint density at radius 3 is 2.76 bits per heavy atom. The highest BCUT2D eigenvalue weighted by atomic mass is 15.2. The number of aromatic nitrogens is 1. The van der Waals surface area contributed by atoms with Crippen LogP contribution in [-0.4, -0.2) is 4.98 Å². The zero-order valence-corrected chi connectivity index (χ0v) is 11.7. The third-order valence-corrected chi connectivity index (χ3v) is 4.45. The zero-order valence-electron chi connectivity index (χ0n) is 11.7. The minimum absolute atomic E-state index is 0.108. The average molecular weight is 275 g/mol. The second-order valence-electron chi connectivity index (χ2n) is 5.62. The van der Waals surface area contributed by atoms with Crippen LogP contribution in [0.2, 0.25) is 0 Å². The van der Waals surface area contributed by atoms with Crippen molar-refractivity contribution >= 4 is 10.9 Å². The Morgan fingerprint density at radius 2 is 1.90 bits per heavy atom. The lowest BCUT2D eigenvalue weighted by Crippen LogP contribution is -2.37. The van der Waals surface area contributed by atoms with Crippen LogP contribution < -0.4 is 11.3 Å². The topological polar surface area (TPSA) is 50.9 Å². The number of hydrogen-bond acceptors (Lipinski definition) is 3. The lowest BCUT2D eigenvalue weighted by molar-refractivity contribution is 0.418. The van der Waals surface area contributed by atoms with Crippen molar-refractivity contribution in [3.8, 4) is 0 Å². The Kier molecular flexibility index (Phi) is 2.95. The molecule has 0 bridgehead atoms. The van der Waals surface area contributed by atoms with Crippen LogP contribution in [0.4, 0.5) is 0 Å². The number of rotatable bonds is 3. The van der Waals surface area contributed by atoms with Gasteiger partial charge in [-0.2, -0.15) is 0 Å². The maximum atomic E-state index is 5.84. The van der Waals surface area contributed by atoms with Gasteiger partial charge in [-0.1, -0.05) is 42.5 Å². The number of hydrogen-bond donors (Lipinski definition) is 2. The van der Waals surface area contributed by atoms with E-state index in [1.54, 1.807) is 0 Å². The number of benzene rings is 2. The molecule has 2 unspecified atom stereocenters. The van der Waals surface area contributed by atoms with Crippen LogP contribution in [0.1, 0.15) is 28.7 Å². The molecule has 0 saturated carbocycles. The molecule has 2 atom stereocenters. The van der Waals surface area contributed by atoms with Crippen molar-refractivity contribution in [1.82, 2.24) is 10.4 Å². The van der Waals surface area contributed by atoms with E-state index < -0.39 is 0 Å². The number of nitrogens with two attached hydrogens (primary N) is 1. The van der Waals surface area contributed by atoms with Crippen molar-refractivity contribution in [2.45, 2.75) is 18.4 Å². The van der Waals surface area contributed by atoms with Gasteiger partial charge in [0.05, 0.1) is 11.6 Å². The fourth-order valence-corrected chi connectivity index (χ4v) is 3.30. The first kappa shape index (κ1) is 12.5. The molecule has 0 fully saturated rings. The first-order chi connectivity index (χ1) is 10.4. The Labute approximate surface area is 123 Å². The third kappa shape index (κ3) is 2.02. The molecule has 1 aliphatic carbocycles. The lowest BCUT2D eigenvalue weighted by atomic mass is 9.72. The number of nitrogens with one attached hydrogen (secondary N) is 1. The lowest BCUT2D eigenvalue weighted by Gasteiger charge is -2.36. The van der Waals surface area contributed by atoms with Crippen molar-refractivity contribution in [2.75, 3.05) is 0 Å². The van der Waals surface area contributed by atoms with Crippen molar-refractivity contribution in [3.05, 3.63) is 77.5 Å². The molecule has 21 heavy (non-hydrogen) atoms. The van der Waals surface area contributed by atoms with Gasteiger partial charge in [-0.15, -0.1) is 0 Å². The van der Waals surface area contributed by atoms with Crippen LogP contribution in [0.5, 0.6) is 0 Å². The summed E-state index contributed by atoms with van der Waals surface area (Å²) in [6.45, 7) is 0. The van der Waals surface area contributed by atoms with Gasteiger partial charge in [0.1, 0.15) is 0 Å². The predicted octanol–water partition coefficient (Wildman–Crippen LogP) is 3.08. The van der Waals surface area contributed by atoms with Gasteiger partial charge in [0, 0.05) is 17.5 Å². The molecular formula is C18H17N3. The summed E-state index contributed by atoms with van der Waals surface area (Å²) in [4.78, 5) is 4.55. The maximum absolute atomic E-state index is 5.84. The van der Waals surface area contributed by atoms with Crippen molar-refractivity contribution in [3.63, 3.8) is 0 Å². The standard InChI is InChI=1S/C18H17N3/c19-21-18(16-10-12-5-1-3-7-15(12)16)14-9-13-6-2-4-8-17(13)20-11-14/h1-9,11,16,18,21H,10,19H2. The van der Waals surface area contributed by atoms with E-state index >= 15 is 0 Å². The summed E-state index contributed by atoms with van der Waals surface area (Å²) < 4.78 is 0. The van der Waals surface area contributed by atoms with Gasteiger partial charge in [-0.05, 0) is 35.2 Å². The van der Waals surface area contributed by atoms with E-state index in [0.29, 0.717) is 5.92 Å². The van der Waals surface area contributed by atoms with Gasteiger partial charge in [0.15, 0.2) is 0 Å². The van der Waals surface area contributed by atoms with Crippen LogP contribution in [0, 0.1) is 0 Å². The molecule has 2 aromatic carbocycles. The predicted molar refractivity (Wildman–Crippen MR) is 84.7 cm³/mol. The summed E-state index contributed by atoms with van der Waals surface area (Å²) in [6.07, 6.45) is 3.01. The van der Waals surface area contributed by atoms with Crippen molar-refractivity contribution in [1.29, 1.82) is 0 Å². The molecule has 3 aromatic rings. The van der Waals surface area contributed by atoms with E-state index in [0.717, 1.165) is 22.9 Å². The SMILES string of the molecule is NNC(c1cnc2ccccc2c1)C1Cc2ccccc21. The maximum Gasteiger partial charge on any atom is 0.0702 e. The Bertz CT molecular complexity index is 797. The molecule has 1 aromatic heterocycles. The highest BCUT2D eigenvalue weighted by Crippen LogP contribution is 2.43. The minimum Gasteiger partial charge on any atom is -0.271 e. The molecule has 1 heterocycles. The molecule has 0 aliphatic heterocycles. The fourth-order valence-electron chi connectivity index (χ4n) is 3.30. The summed E-state index contributed by atoms with van der Waals surface area (Å²) in [5.74, 6) is 6.26. The largest absolute Gasteiger partial charge is 0.271 e. The van der Waals surface area contributed by atoms with Gasteiger partial charge < -0.3 is 0 Å². The Balaban J connectivity index is 1.72. The van der Waals surface area contributed by atoms with E-state index in [1.807, 2.05) is 24.4 Å². The third-order valence-electron chi connectivity index (χ3n) is 4.45. The monoisotopic (exact) mass is 275 g/mol. The number of hydrazine groups is 1. The molecule has 0 spiro atoms. The Hall–Kier alpha value is -2.23. The fraction of sp³-hybridized carbons (Fsp3) is 0.167. The van der Waals surface area contributed by atoms with Crippen LogP contribution in [-0.2, 0) is 6.42 Å². The average Bonchev–Trinajstić information content (AvgIpc) is 2.52. The molecule has 104 valence electrons. The summed E-state index contributed by atoms with van der Waals surface area (Å²) in [5, 5.41) is 1.16. The van der Waals surface area contributed by atoms with E-state index in [-0.39, 0.29) is 6.04 Å². The van der Waals surface area contributed by atoms with E-state index in [9.17, 15) is 0 Å². The second-order valence-corrected chi connectivity index (χ2v) is 5.62. The highest BCUT2D eigenvalue weighted by Gasteiger charge is 2.33. The number of para-hydroxylation sites is 1. The molecule has 3 nitrogen and oxygen atoms in total. The molecule has 3 heteroatoms. The number of pyridine rings is 1. The van der Waals surface area contributed by atoms with Crippen LogP contribution >= 0.6 is 0 Å². The van der Waals surface area contributed by atoms with E-state index in [2.05, 4.69) is 46.8 Å². The summed E-state index contributed by atoms with van der Waals surface area (Å²) in [5.41, 5.74) is 7.98. The van der Waals surface area contributed by atoms with Crippen molar-refractivity contribution < 1.29 is 0 Å². The van der Waals surface area contributed by atoms with Gasteiger partial charge in [-0.25, -0.2) is 0 Å². The van der Waals surface area contributed by atoms with Gasteiger partial charge in [0.2, 0.25) is 0 Å². The summed E-state index contributed by atoms with van der Waals surface area (Å²) >= 11 is 0. The molecule has 0 radical (unpaired) electrons. The van der Waals surface area contributed by atoms with E-state index in [1.165, 1.54) is 11.1 Å². The quantitative estimate of drug-likeness (QED) is 0.570. The molecule has 4 rings (SSSR count). The Morgan fingerprint density at radius 1 is 1.10 bits per heavy atom. The van der Waals surface area contributed by atoms with E-state index in [4.69, 9.17) is 5.84 Å². The molecule has 3 N–H and O–H groups in total. The molecule has 0 amide bonds. The van der Waals surface area contributed by atoms with Crippen LogP contribution in [0.15, 0.2) is 60.8 Å². The molecular weight excluding hydrogens is 258 g/mol.